The van der Waals surface area contributed by atoms with E-state index in [1.165, 1.54) is 0 Å². The molecule has 0 unspecified atom stereocenters. The van der Waals surface area contributed by atoms with E-state index in [9.17, 15) is 9.59 Å². The summed E-state index contributed by atoms with van der Waals surface area (Å²) in [4.78, 5) is 29.2. The number of fused-ring (bicyclic) bond motifs is 3. The van der Waals surface area contributed by atoms with Crippen LogP contribution in [0.2, 0.25) is 0 Å². The number of hydrogen-bond acceptors (Lipinski definition) is 5. The van der Waals surface area contributed by atoms with Gasteiger partial charge in [-0.05, 0) is 36.2 Å². The number of thiophene rings is 1. The maximum atomic E-state index is 12.9. The summed E-state index contributed by atoms with van der Waals surface area (Å²) in [6.07, 6.45) is 0.856. The number of amides is 2. The number of likely N-dealkylation sites (N-methyl/N-ethyl adjacent to an activating group) is 1. The second-order valence-corrected chi connectivity index (χ2v) is 9.09. The van der Waals surface area contributed by atoms with E-state index in [4.69, 9.17) is 0 Å². The van der Waals surface area contributed by atoms with Crippen LogP contribution in [0.3, 0.4) is 0 Å². The van der Waals surface area contributed by atoms with Gasteiger partial charge in [0.25, 0.3) is 11.8 Å². The third-order valence-corrected chi connectivity index (χ3v) is 7.20. The van der Waals surface area contributed by atoms with Crippen LogP contribution in [-0.2, 0) is 13.0 Å². The third-order valence-electron chi connectivity index (χ3n) is 6.23. The van der Waals surface area contributed by atoms with E-state index < -0.39 is 0 Å². The highest BCUT2D eigenvalue weighted by Crippen LogP contribution is 2.34. The van der Waals surface area contributed by atoms with E-state index in [0.29, 0.717) is 11.4 Å². The quantitative estimate of drug-likeness (QED) is 0.517. The molecule has 0 spiro atoms. The van der Waals surface area contributed by atoms with Crippen LogP contribution in [0.25, 0.3) is 10.1 Å². The van der Waals surface area contributed by atoms with Gasteiger partial charge in [-0.1, -0.05) is 18.2 Å². The summed E-state index contributed by atoms with van der Waals surface area (Å²) >= 11 is 1.56. The molecule has 7 nitrogen and oxygen atoms in total. The number of nitrogens with one attached hydrogen (secondary N) is 1. The van der Waals surface area contributed by atoms with Gasteiger partial charge in [0.05, 0.1) is 12.1 Å². The van der Waals surface area contributed by atoms with Crippen molar-refractivity contribution >= 4 is 50.6 Å². The number of hydrogen-bond donors (Lipinski definition) is 1. The summed E-state index contributed by atoms with van der Waals surface area (Å²) in [7, 11) is 1.84. The van der Waals surface area contributed by atoms with Gasteiger partial charge < -0.3 is 15.1 Å². The van der Waals surface area contributed by atoms with E-state index in [2.05, 4.69) is 21.4 Å². The maximum absolute atomic E-state index is 12.9. The molecule has 2 aliphatic rings. The second-order valence-electron chi connectivity index (χ2n) is 8.18. The molecule has 0 saturated heterocycles. The Hall–Kier alpha value is -3.65. The first-order chi connectivity index (χ1) is 15.6. The molecule has 32 heavy (non-hydrogen) atoms. The molecule has 0 aliphatic carbocycles. The SMILES string of the molecule is CN1CCc2cc(N3CCn4nc(NC(=O)c5csc6ccccc56)cc43)ccc2C1=O. The lowest BCUT2D eigenvalue weighted by molar-refractivity contribution is 0.0780. The minimum atomic E-state index is -0.151. The monoisotopic (exact) mass is 443 g/mol. The predicted molar refractivity (Wildman–Crippen MR) is 126 cm³/mol. The number of anilines is 3. The van der Waals surface area contributed by atoms with E-state index in [1.54, 1.807) is 16.2 Å². The molecule has 4 heterocycles. The minimum absolute atomic E-state index is 0.0789. The highest BCUT2D eigenvalue weighted by atomic mass is 32.1. The fourth-order valence-electron chi connectivity index (χ4n) is 4.52. The van der Waals surface area contributed by atoms with E-state index in [0.717, 1.165) is 58.8 Å². The smallest absolute Gasteiger partial charge is 0.258 e. The van der Waals surface area contributed by atoms with Crippen LogP contribution in [0.4, 0.5) is 17.3 Å². The first-order valence-electron chi connectivity index (χ1n) is 10.6. The number of rotatable bonds is 3. The Balaban J connectivity index is 1.26. The van der Waals surface area contributed by atoms with E-state index in [-0.39, 0.29) is 11.8 Å². The minimum Gasteiger partial charge on any atom is -0.341 e. The lowest BCUT2D eigenvalue weighted by Crippen LogP contribution is -2.34. The zero-order valence-electron chi connectivity index (χ0n) is 17.5. The molecule has 8 heteroatoms. The summed E-state index contributed by atoms with van der Waals surface area (Å²) in [6, 6.07) is 15.8. The number of nitrogens with zero attached hydrogens (tertiary/aromatic N) is 4. The van der Waals surface area contributed by atoms with Gasteiger partial charge in [0, 0.05) is 52.9 Å². The normalized spacial score (nSPS) is 15.2. The Morgan fingerprint density at radius 2 is 1.97 bits per heavy atom. The molecule has 2 aliphatic heterocycles. The molecule has 0 bridgehead atoms. The standard InChI is InChI=1S/C24H21N5O2S/c1-27-9-8-15-12-16(6-7-17(15)24(27)31)28-10-11-29-22(28)13-21(26-29)25-23(30)19-14-32-20-5-3-2-4-18(19)20/h2-7,12-14H,8-11H2,1H3,(H,25,26,30). The third kappa shape index (κ3) is 2.98. The van der Waals surface area contributed by atoms with E-state index in [1.807, 2.05) is 59.6 Å². The maximum Gasteiger partial charge on any atom is 0.258 e. The van der Waals surface area contributed by atoms with Crippen LogP contribution in [0, 0.1) is 0 Å². The van der Waals surface area contributed by atoms with E-state index >= 15 is 0 Å². The Bertz CT molecular complexity index is 1390. The lowest BCUT2D eigenvalue weighted by Gasteiger charge is -2.26. The van der Waals surface area contributed by atoms with Gasteiger partial charge in [-0.25, -0.2) is 4.68 Å². The summed E-state index contributed by atoms with van der Waals surface area (Å²) in [5.74, 6) is 1.41. The molecule has 2 aromatic heterocycles. The summed E-state index contributed by atoms with van der Waals surface area (Å²) < 4.78 is 3.01. The molecule has 4 aromatic rings. The summed E-state index contributed by atoms with van der Waals surface area (Å²) in [5, 5.41) is 10.4. The van der Waals surface area contributed by atoms with Crippen LogP contribution in [-0.4, -0.2) is 46.6 Å². The van der Waals surface area contributed by atoms with Crippen molar-refractivity contribution in [2.45, 2.75) is 13.0 Å². The van der Waals surface area contributed by atoms with Gasteiger partial charge in [0.15, 0.2) is 5.82 Å². The predicted octanol–water partition coefficient (Wildman–Crippen LogP) is 4.13. The number of aromatic nitrogens is 2. The Kier molecular flexibility index (Phi) is 4.29. The van der Waals surface area contributed by atoms with Gasteiger partial charge in [-0.3, -0.25) is 9.59 Å². The second kappa shape index (κ2) is 7.20. The zero-order chi connectivity index (χ0) is 21.8. The Morgan fingerprint density at radius 3 is 2.88 bits per heavy atom. The molecule has 0 fully saturated rings. The van der Waals surface area contributed by atoms with Crippen molar-refractivity contribution in [3.05, 3.63) is 70.6 Å². The van der Waals surface area contributed by atoms with Crippen LogP contribution in [0.1, 0.15) is 26.3 Å². The van der Waals surface area contributed by atoms with Crippen molar-refractivity contribution in [1.82, 2.24) is 14.7 Å². The van der Waals surface area contributed by atoms with Crippen LogP contribution in [0.5, 0.6) is 0 Å². The van der Waals surface area contributed by atoms with Crippen molar-refractivity contribution < 1.29 is 9.59 Å². The molecule has 2 amide bonds. The van der Waals surface area contributed by atoms with Gasteiger partial charge in [-0.15, -0.1) is 11.3 Å². The van der Waals surface area contributed by atoms with Crippen molar-refractivity contribution in [2.24, 2.45) is 0 Å². The highest BCUT2D eigenvalue weighted by Gasteiger charge is 2.27. The molecule has 1 N–H and O–H groups in total. The molecule has 0 atom stereocenters. The van der Waals surface area contributed by atoms with Crippen molar-refractivity contribution in [2.75, 3.05) is 30.4 Å². The first-order valence-corrected chi connectivity index (χ1v) is 11.5. The summed E-state index contributed by atoms with van der Waals surface area (Å²) in [5.41, 5.74) is 3.58. The van der Waals surface area contributed by atoms with Crippen LogP contribution in [0.15, 0.2) is 53.9 Å². The van der Waals surface area contributed by atoms with Gasteiger partial charge in [0.1, 0.15) is 5.82 Å². The van der Waals surface area contributed by atoms with Crippen molar-refractivity contribution in [3.63, 3.8) is 0 Å². The molecule has 0 saturated carbocycles. The van der Waals surface area contributed by atoms with Crippen LogP contribution >= 0.6 is 11.3 Å². The first kappa shape index (κ1) is 19.1. The average Bonchev–Trinajstić information content (AvgIpc) is 3.50. The molecule has 6 rings (SSSR count). The summed E-state index contributed by atoms with van der Waals surface area (Å²) in [6.45, 7) is 2.28. The number of carbonyl (C=O) groups excluding carboxylic acids is 2. The molecular weight excluding hydrogens is 422 g/mol. The van der Waals surface area contributed by atoms with Gasteiger partial charge in [0.2, 0.25) is 0 Å². The molecule has 2 aromatic carbocycles. The molecular formula is C24H21N5O2S. The largest absolute Gasteiger partial charge is 0.341 e. The molecule has 160 valence electrons. The van der Waals surface area contributed by atoms with Gasteiger partial charge >= 0.3 is 0 Å². The van der Waals surface area contributed by atoms with Crippen LogP contribution < -0.4 is 10.2 Å². The Morgan fingerprint density at radius 1 is 1.09 bits per heavy atom. The van der Waals surface area contributed by atoms with Crippen molar-refractivity contribution in [3.8, 4) is 0 Å². The Labute approximate surface area is 188 Å². The van der Waals surface area contributed by atoms with Crippen molar-refractivity contribution in [1.29, 1.82) is 0 Å². The number of carbonyl (C=O) groups is 2. The lowest BCUT2D eigenvalue weighted by atomic mass is 9.98. The number of benzene rings is 2. The average molecular weight is 444 g/mol. The van der Waals surface area contributed by atoms with Gasteiger partial charge in [-0.2, -0.15) is 5.10 Å². The molecule has 0 radical (unpaired) electrons. The topological polar surface area (TPSA) is 70.5 Å². The fraction of sp³-hybridized carbons (Fsp3) is 0.208. The zero-order valence-corrected chi connectivity index (χ0v) is 18.4. The highest BCUT2D eigenvalue weighted by molar-refractivity contribution is 7.17. The fourth-order valence-corrected chi connectivity index (χ4v) is 5.46.